The first-order chi connectivity index (χ1) is 23.3. The van der Waals surface area contributed by atoms with E-state index in [4.69, 9.17) is 4.98 Å². The number of carbonyl (C=O) groups excluding carboxylic acids is 1. The monoisotopic (exact) mass is 868 g/mol. The Hall–Kier alpha value is -3.31. The number of aromatic nitrogens is 2. The maximum absolute atomic E-state index is 11.7. The van der Waals surface area contributed by atoms with Crippen molar-refractivity contribution in [3.8, 4) is 22.4 Å². The van der Waals surface area contributed by atoms with Crippen molar-refractivity contribution in [3.05, 3.63) is 102 Å². The minimum Gasteiger partial charge on any atom is -0.512 e. The molecule has 0 amide bonds. The Kier molecular flexibility index (Phi) is 15.0. The van der Waals surface area contributed by atoms with Gasteiger partial charge in [-0.05, 0) is 83.7 Å². The first kappa shape index (κ1) is 41.1. The van der Waals surface area contributed by atoms with Gasteiger partial charge in [0, 0.05) is 56.6 Å². The molecule has 4 nitrogen and oxygen atoms in total. The second kappa shape index (κ2) is 18.3. The molecule has 3 aromatic heterocycles. The molecule has 0 aliphatic heterocycles. The van der Waals surface area contributed by atoms with Gasteiger partial charge in [-0.25, -0.2) is 4.98 Å². The molecular formula is C44H55IrN2O2S-. The van der Waals surface area contributed by atoms with E-state index in [1.165, 1.54) is 28.0 Å². The van der Waals surface area contributed by atoms with E-state index in [9.17, 15) is 9.90 Å². The van der Waals surface area contributed by atoms with E-state index in [1.54, 1.807) is 11.3 Å². The number of allylic oxidation sites excluding steroid dienone is 2. The Morgan fingerprint density at radius 1 is 0.960 bits per heavy atom. The third kappa shape index (κ3) is 9.93. The zero-order chi connectivity index (χ0) is 35.9. The summed E-state index contributed by atoms with van der Waals surface area (Å²) in [6, 6.07) is 21.1. The number of benzene rings is 2. The van der Waals surface area contributed by atoms with E-state index >= 15 is 0 Å². The Labute approximate surface area is 318 Å². The Balaban J connectivity index is 0.000000361. The van der Waals surface area contributed by atoms with Crippen LogP contribution in [-0.2, 0) is 36.7 Å². The van der Waals surface area contributed by atoms with Crippen LogP contribution in [0.2, 0.25) is 0 Å². The SMILES string of the molecule is CCC(CC)C(=O)/C=C(\O)C(CC)CC.[CH2-][n+]1ccc(-c2cnc3scc(CC(C)C)c3c2)cc1-c1[c-]c2ccccc2c(C(C)(C)C)c1.[Ir]. The maximum atomic E-state index is 11.7. The van der Waals surface area contributed by atoms with Gasteiger partial charge in [0.25, 0.3) is 0 Å². The summed E-state index contributed by atoms with van der Waals surface area (Å²) < 4.78 is 1.94. The van der Waals surface area contributed by atoms with Crippen molar-refractivity contribution in [1.82, 2.24) is 4.98 Å². The fraction of sp³-hybridized carbons (Fsp3) is 0.409. The fourth-order valence-electron chi connectivity index (χ4n) is 6.43. The second-order valence-electron chi connectivity index (χ2n) is 14.6. The van der Waals surface area contributed by atoms with Gasteiger partial charge >= 0.3 is 0 Å². The largest absolute Gasteiger partial charge is 0.512 e. The Morgan fingerprint density at radius 2 is 1.62 bits per heavy atom. The second-order valence-corrected chi connectivity index (χ2v) is 15.5. The molecule has 5 aromatic rings. The maximum Gasteiger partial charge on any atom is 0.162 e. The first-order valence-corrected chi connectivity index (χ1v) is 18.8. The number of thiophene rings is 1. The molecule has 0 saturated carbocycles. The minimum atomic E-state index is 0. The molecule has 6 heteroatoms. The van der Waals surface area contributed by atoms with E-state index in [1.807, 2.05) is 44.7 Å². The molecule has 50 heavy (non-hydrogen) atoms. The molecule has 2 aromatic carbocycles. The molecule has 0 unspecified atom stereocenters. The summed E-state index contributed by atoms with van der Waals surface area (Å²) >= 11 is 1.74. The van der Waals surface area contributed by atoms with Crippen LogP contribution in [0, 0.1) is 30.9 Å². The molecule has 1 radical (unpaired) electrons. The van der Waals surface area contributed by atoms with Gasteiger partial charge in [-0.2, -0.15) is 0 Å². The summed E-state index contributed by atoms with van der Waals surface area (Å²) in [5.41, 5.74) is 7.12. The van der Waals surface area contributed by atoms with Gasteiger partial charge in [-0.3, -0.25) is 4.79 Å². The number of ketones is 1. The number of rotatable bonds is 11. The standard InChI is InChI=1S/C31H31N2S.C13H24O2.Ir/c1-20(2)13-25-19-34-30-27(25)15-24(18-32-30)21-11-12-33(6)29(17-21)23-14-22-9-7-8-10-26(22)28(16-23)31(3,4)5;1-5-10(6-2)12(14)9-13(15)11(7-3)8-4;/h7-12,15-20H,6,13H2,1-5H3;9-11,14H,5-8H2,1-4H3;/q-1;;/b;12-9-;. The zero-order valence-electron chi connectivity index (χ0n) is 31.4. The summed E-state index contributed by atoms with van der Waals surface area (Å²) in [5.74, 6) is 1.17. The number of aliphatic hydroxyl groups is 1. The topological polar surface area (TPSA) is 54.1 Å². The Morgan fingerprint density at radius 3 is 2.24 bits per heavy atom. The van der Waals surface area contributed by atoms with Gasteiger partial charge < -0.3 is 9.67 Å². The van der Waals surface area contributed by atoms with Gasteiger partial charge in [-0.1, -0.05) is 91.5 Å². The van der Waals surface area contributed by atoms with Crippen LogP contribution in [0.1, 0.15) is 99.1 Å². The molecule has 1 N–H and O–H groups in total. The molecule has 0 aliphatic rings. The van der Waals surface area contributed by atoms with Crippen LogP contribution >= 0.6 is 11.3 Å². The van der Waals surface area contributed by atoms with Crippen LogP contribution in [0.4, 0.5) is 0 Å². The molecule has 0 fully saturated rings. The third-order valence-electron chi connectivity index (χ3n) is 9.45. The zero-order valence-corrected chi connectivity index (χ0v) is 34.6. The molecule has 0 atom stereocenters. The summed E-state index contributed by atoms with van der Waals surface area (Å²) in [6.07, 6.45) is 10.0. The van der Waals surface area contributed by atoms with Crippen LogP contribution in [0.25, 0.3) is 43.4 Å². The van der Waals surface area contributed by atoms with Crippen LogP contribution < -0.4 is 4.57 Å². The number of aliphatic hydroxyl groups excluding tert-OH is 1. The van der Waals surface area contributed by atoms with Gasteiger partial charge in [0.05, 0.1) is 12.0 Å². The molecular weight excluding hydrogens is 813 g/mol. The number of hydrogen-bond donors (Lipinski definition) is 1. The average Bonchev–Trinajstić information content (AvgIpc) is 3.46. The Bertz CT molecular complexity index is 1910. The van der Waals surface area contributed by atoms with Gasteiger partial charge in [0.15, 0.2) is 5.78 Å². The van der Waals surface area contributed by atoms with Crippen molar-refractivity contribution < 1.29 is 34.6 Å². The van der Waals surface area contributed by atoms with Crippen LogP contribution in [0.3, 0.4) is 0 Å². The van der Waals surface area contributed by atoms with Crippen molar-refractivity contribution in [2.45, 2.75) is 99.8 Å². The van der Waals surface area contributed by atoms with Crippen LogP contribution in [-0.4, -0.2) is 15.9 Å². The molecule has 0 spiro atoms. The molecule has 0 bridgehead atoms. The number of nitrogens with zero attached hydrogens (tertiary/aromatic N) is 2. The van der Waals surface area contributed by atoms with Gasteiger partial charge in [-0.15, -0.1) is 40.5 Å². The summed E-state index contributed by atoms with van der Waals surface area (Å²) in [5, 5.41) is 15.7. The first-order valence-electron chi connectivity index (χ1n) is 17.9. The van der Waals surface area contributed by atoms with E-state index in [0.717, 1.165) is 64.7 Å². The van der Waals surface area contributed by atoms with E-state index in [2.05, 4.69) is 102 Å². The van der Waals surface area contributed by atoms with E-state index in [-0.39, 0.29) is 48.9 Å². The summed E-state index contributed by atoms with van der Waals surface area (Å²) in [6.45, 7) is 19.4. The van der Waals surface area contributed by atoms with Crippen molar-refractivity contribution in [2.75, 3.05) is 0 Å². The predicted molar refractivity (Wildman–Crippen MR) is 209 cm³/mol. The van der Waals surface area contributed by atoms with Crippen LogP contribution in [0.15, 0.2) is 78.1 Å². The molecule has 3 heterocycles. The summed E-state index contributed by atoms with van der Waals surface area (Å²) in [4.78, 5) is 17.6. The van der Waals surface area contributed by atoms with Gasteiger partial charge in [0.1, 0.15) is 10.5 Å². The smallest absolute Gasteiger partial charge is 0.162 e. The van der Waals surface area contributed by atoms with Crippen molar-refractivity contribution in [1.29, 1.82) is 0 Å². The predicted octanol–water partition coefficient (Wildman–Crippen LogP) is 11.9. The van der Waals surface area contributed by atoms with Crippen molar-refractivity contribution in [2.24, 2.45) is 17.8 Å². The number of fused-ring (bicyclic) bond motifs is 2. The number of pyridine rings is 2. The van der Waals surface area contributed by atoms with Crippen LogP contribution in [0.5, 0.6) is 0 Å². The number of carbonyl (C=O) groups is 1. The van der Waals surface area contributed by atoms with Crippen molar-refractivity contribution >= 4 is 38.1 Å². The molecule has 269 valence electrons. The quantitative estimate of drug-likeness (QED) is 0.0623. The van der Waals surface area contributed by atoms with Gasteiger partial charge in [0.2, 0.25) is 0 Å². The van der Waals surface area contributed by atoms with E-state index < -0.39 is 0 Å². The third-order valence-corrected chi connectivity index (χ3v) is 10.4. The van der Waals surface area contributed by atoms with Crippen molar-refractivity contribution in [3.63, 3.8) is 0 Å². The number of hydrogen-bond acceptors (Lipinski definition) is 4. The average molecular weight is 868 g/mol. The van der Waals surface area contributed by atoms with E-state index in [0.29, 0.717) is 5.92 Å². The molecule has 0 aliphatic carbocycles. The summed E-state index contributed by atoms with van der Waals surface area (Å²) in [7, 11) is 4.27. The fourth-order valence-corrected chi connectivity index (χ4v) is 7.34. The molecule has 0 saturated heterocycles. The molecule has 5 rings (SSSR count). The minimum absolute atomic E-state index is 0. The normalized spacial score (nSPS) is 12.0.